The summed E-state index contributed by atoms with van der Waals surface area (Å²) in [5, 5.41) is 0. The number of aldehydes is 1. The van der Waals surface area contributed by atoms with Gasteiger partial charge in [-0.25, -0.2) is 4.98 Å². The van der Waals surface area contributed by atoms with E-state index < -0.39 is 0 Å². The molecule has 0 unspecified atom stereocenters. The molecule has 0 aliphatic rings. The number of hydrogen-bond donors (Lipinski definition) is 0. The van der Waals surface area contributed by atoms with Gasteiger partial charge < -0.3 is 4.40 Å². The van der Waals surface area contributed by atoms with E-state index in [1.165, 1.54) is 11.1 Å². The van der Waals surface area contributed by atoms with Gasteiger partial charge in [0.25, 0.3) is 0 Å². The molecule has 2 aromatic heterocycles. The van der Waals surface area contributed by atoms with Crippen molar-refractivity contribution in [3.05, 3.63) is 59.4 Å². The molecule has 0 amide bonds. The van der Waals surface area contributed by atoms with Gasteiger partial charge in [-0.15, -0.1) is 0 Å². The Balaban J connectivity index is 2.14. The number of aryl methyl sites for hydroxylation is 2. The van der Waals surface area contributed by atoms with Gasteiger partial charge in [0.05, 0.1) is 5.69 Å². The Morgan fingerprint density at radius 1 is 1.05 bits per heavy atom. The summed E-state index contributed by atoms with van der Waals surface area (Å²) in [6, 6.07) is 9.95. The molecular weight excluding hydrogens is 236 g/mol. The molecule has 0 aliphatic heterocycles. The van der Waals surface area contributed by atoms with E-state index in [0.29, 0.717) is 5.56 Å². The number of nitrogens with zero attached hydrogens (tertiary/aromatic N) is 2. The first-order valence-electron chi connectivity index (χ1n) is 6.19. The van der Waals surface area contributed by atoms with Crippen LogP contribution in [0, 0.1) is 13.8 Å². The number of benzene rings is 1. The van der Waals surface area contributed by atoms with Gasteiger partial charge in [-0.3, -0.25) is 4.79 Å². The number of hydrogen-bond acceptors (Lipinski definition) is 2. The van der Waals surface area contributed by atoms with Gasteiger partial charge >= 0.3 is 0 Å². The zero-order chi connectivity index (χ0) is 13.4. The van der Waals surface area contributed by atoms with Crippen molar-refractivity contribution in [1.82, 2.24) is 9.38 Å². The summed E-state index contributed by atoms with van der Waals surface area (Å²) in [5.74, 6) is 0. The third kappa shape index (κ3) is 2.03. The maximum Gasteiger partial charge on any atom is 0.151 e. The number of fused-ring (bicyclic) bond motifs is 1. The molecule has 0 aliphatic carbocycles. The first-order valence-corrected chi connectivity index (χ1v) is 6.19. The summed E-state index contributed by atoms with van der Waals surface area (Å²) in [6.45, 7) is 4.19. The molecule has 3 nitrogen and oxygen atoms in total. The fourth-order valence-corrected chi connectivity index (χ4v) is 2.12. The SMILES string of the molecule is Cc1ccc(-c2cn3cc(C=O)ccc3n2)cc1C. The molecule has 0 saturated carbocycles. The van der Waals surface area contributed by atoms with Crippen LogP contribution in [0.25, 0.3) is 16.9 Å². The van der Waals surface area contributed by atoms with Gasteiger partial charge in [-0.1, -0.05) is 12.1 Å². The fraction of sp³-hybridized carbons (Fsp3) is 0.125. The third-order valence-electron chi connectivity index (χ3n) is 3.41. The summed E-state index contributed by atoms with van der Waals surface area (Å²) >= 11 is 0. The van der Waals surface area contributed by atoms with Crippen LogP contribution in [0.15, 0.2) is 42.7 Å². The maximum absolute atomic E-state index is 10.8. The lowest BCUT2D eigenvalue weighted by Gasteiger charge is -2.01. The average molecular weight is 250 g/mol. The molecule has 19 heavy (non-hydrogen) atoms. The minimum absolute atomic E-state index is 0.650. The Hall–Kier alpha value is -2.42. The number of pyridine rings is 1. The van der Waals surface area contributed by atoms with E-state index in [0.717, 1.165) is 23.2 Å². The molecule has 0 atom stereocenters. The van der Waals surface area contributed by atoms with E-state index in [4.69, 9.17) is 0 Å². The predicted octanol–water partition coefficient (Wildman–Crippen LogP) is 3.43. The van der Waals surface area contributed by atoms with Crippen molar-refractivity contribution in [2.45, 2.75) is 13.8 Å². The summed E-state index contributed by atoms with van der Waals surface area (Å²) in [4.78, 5) is 15.4. The zero-order valence-corrected chi connectivity index (χ0v) is 10.9. The molecule has 3 heteroatoms. The van der Waals surface area contributed by atoms with Crippen molar-refractivity contribution in [2.24, 2.45) is 0 Å². The van der Waals surface area contributed by atoms with Gasteiger partial charge in [-0.2, -0.15) is 0 Å². The highest BCUT2D eigenvalue weighted by atomic mass is 16.1. The number of carbonyl (C=O) groups excluding carboxylic acids is 1. The first-order chi connectivity index (χ1) is 9.17. The molecule has 0 N–H and O–H groups in total. The summed E-state index contributed by atoms with van der Waals surface area (Å²) in [5.41, 5.74) is 6.04. The van der Waals surface area contributed by atoms with Gasteiger partial charge in [0.2, 0.25) is 0 Å². The smallest absolute Gasteiger partial charge is 0.151 e. The van der Waals surface area contributed by atoms with E-state index in [9.17, 15) is 4.79 Å². The molecular formula is C16H14N2O. The third-order valence-corrected chi connectivity index (χ3v) is 3.41. The zero-order valence-electron chi connectivity index (χ0n) is 10.9. The Labute approximate surface area is 111 Å². The highest BCUT2D eigenvalue weighted by Crippen LogP contribution is 2.22. The van der Waals surface area contributed by atoms with E-state index in [-0.39, 0.29) is 0 Å². The van der Waals surface area contributed by atoms with E-state index in [2.05, 4.69) is 37.0 Å². The van der Waals surface area contributed by atoms with Crippen LogP contribution in [-0.4, -0.2) is 15.7 Å². The van der Waals surface area contributed by atoms with Gasteiger partial charge in [0.15, 0.2) is 6.29 Å². The van der Waals surface area contributed by atoms with Crippen LogP contribution < -0.4 is 0 Å². The highest BCUT2D eigenvalue weighted by Gasteiger charge is 2.05. The average Bonchev–Trinajstić information content (AvgIpc) is 2.84. The second-order valence-corrected chi connectivity index (χ2v) is 4.77. The molecule has 2 heterocycles. The number of imidazole rings is 1. The van der Waals surface area contributed by atoms with Crippen LogP contribution in [-0.2, 0) is 0 Å². The molecule has 0 bridgehead atoms. The van der Waals surface area contributed by atoms with Crippen molar-refractivity contribution in [3.8, 4) is 11.3 Å². The summed E-state index contributed by atoms with van der Waals surface area (Å²) < 4.78 is 1.88. The van der Waals surface area contributed by atoms with Gasteiger partial charge in [-0.05, 0) is 43.2 Å². The minimum atomic E-state index is 0.650. The van der Waals surface area contributed by atoms with Crippen molar-refractivity contribution < 1.29 is 4.79 Å². The molecule has 3 rings (SSSR count). The van der Waals surface area contributed by atoms with Gasteiger partial charge in [0.1, 0.15) is 5.65 Å². The maximum atomic E-state index is 10.8. The Kier molecular flexibility index (Phi) is 2.67. The standard InChI is InChI=1S/C16H14N2O/c1-11-3-5-14(7-12(11)2)15-9-18-8-13(10-19)4-6-16(18)17-15/h3-10H,1-2H3. The van der Waals surface area contributed by atoms with E-state index in [1.807, 2.05) is 16.7 Å². The number of rotatable bonds is 2. The van der Waals surface area contributed by atoms with Crippen LogP contribution in [0.5, 0.6) is 0 Å². The van der Waals surface area contributed by atoms with Crippen molar-refractivity contribution in [1.29, 1.82) is 0 Å². The monoisotopic (exact) mass is 250 g/mol. The summed E-state index contributed by atoms with van der Waals surface area (Å²) in [6.07, 6.45) is 4.58. The molecule has 94 valence electrons. The highest BCUT2D eigenvalue weighted by molar-refractivity contribution is 5.75. The van der Waals surface area contributed by atoms with Crippen LogP contribution in [0.4, 0.5) is 0 Å². The Morgan fingerprint density at radius 2 is 1.89 bits per heavy atom. The number of carbonyl (C=O) groups is 1. The largest absolute Gasteiger partial charge is 0.306 e. The fourth-order valence-electron chi connectivity index (χ4n) is 2.12. The van der Waals surface area contributed by atoms with E-state index >= 15 is 0 Å². The van der Waals surface area contributed by atoms with Crippen molar-refractivity contribution in [3.63, 3.8) is 0 Å². The lowest BCUT2D eigenvalue weighted by atomic mass is 10.1. The Bertz CT molecular complexity index is 772. The second-order valence-electron chi connectivity index (χ2n) is 4.77. The van der Waals surface area contributed by atoms with Crippen molar-refractivity contribution >= 4 is 11.9 Å². The summed E-state index contributed by atoms with van der Waals surface area (Å²) in [7, 11) is 0. The predicted molar refractivity (Wildman–Crippen MR) is 75.5 cm³/mol. The van der Waals surface area contributed by atoms with Crippen LogP contribution >= 0.6 is 0 Å². The van der Waals surface area contributed by atoms with Gasteiger partial charge in [0, 0.05) is 23.5 Å². The normalized spacial score (nSPS) is 10.8. The minimum Gasteiger partial charge on any atom is -0.306 e. The van der Waals surface area contributed by atoms with Crippen molar-refractivity contribution in [2.75, 3.05) is 0 Å². The Morgan fingerprint density at radius 3 is 2.63 bits per heavy atom. The molecule has 0 saturated heterocycles. The number of aromatic nitrogens is 2. The molecule has 0 radical (unpaired) electrons. The lowest BCUT2D eigenvalue weighted by Crippen LogP contribution is -1.86. The quantitative estimate of drug-likeness (QED) is 0.653. The molecule has 0 fully saturated rings. The van der Waals surface area contributed by atoms with Crippen LogP contribution in [0.3, 0.4) is 0 Å². The first kappa shape index (κ1) is 11.7. The lowest BCUT2D eigenvalue weighted by molar-refractivity contribution is 0.112. The van der Waals surface area contributed by atoms with Crippen LogP contribution in [0.2, 0.25) is 0 Å². The van der Waals surface area contributed by atoms with Crippen LogP contribution in [0.1, 0.15) is 21.5 Å². The second kappa shape index (κ2) is 4.35. The topological polar surface area (TPSA) is 34.4 Å². The molecule has 3 aromatic rings. The molecule has 1 aromatic carbocycles. The molecule has 0 spiro atoms. The van der Waals surface area contributed by atoms with E-state index in [1.54, 1.807) is 12.3 Å².